The fourth-order valence-electron chi connectivity index (χ4n) is 5.68. The number of carbonyl (C=O) groups is 2. The number of rotatable bonds is 11. The van der Waals surface area contributed by atoms with Crippen LogP contribution in [0.5, 0.6) is 0 Å². The molecule has 1 unspecified atom stereocenters. The molecule has 0 aromatic heterocycles. The highest BCUT2D eigenvalue weighted by atomic mass is 16.5. The third-order valence-electron chi connectivity index (χ3n) is 8.05. The molecule has 1 aliphatic heterocycles. The number of aryl methyl sites for hydroxylation is 1. The first-order valence-electron chi connectivity index (χ1n) is 14.5. The summed E-state index contributed by atoms with van der Waals surface area (Å²) in [7, 11) is 0. The maximum Gasteiger partial charge on any atom is 0.315 e. The molecular formula is C36H38N2O3. The van der Waals surface area contributed by atoms with Crippen molar-refractivity contribution in [2.45, 2.75) is 43.7 Å². The Morgan fingerprint density at radius 3 is 1.88 bits per heavy atom. The van der Waals surface area contributed by atoms with Gasteiger partial charge in [-0.3, -0.25) is 9.59 Å². The minimum atomic E-state index is -0.429. The standard InChI is InChI=1S/C36H38N2O3/c39-34(22-21-29-13-5-1-6-14-29)37-36(32-19-11-4-12-20-32)23-25-38(26-24-36)27-33(31-17-9-3-10-18-31)35(40)41-28-30-15-7-2-8-16-30/h1-20,33H,21-28H2,(H,37,39). The van der Waals surface area contributed by atoms with E-state index in [9.17, 15) is 9.59 Å². The Kier molecular flexibility index (Phi) is 9.61. The molecule has 0 saturated carbocycles. The molecule has 1 N–H and O–H groups in total. The van der Waals surface area contributed by atoms with Crippen molar-refractivity contribution in [1.82, 2.24) is 10.2 Å². The number of nitrogens with one attached hydrogen (secondary N) is 1. The molecule has 1 saturated heterocycles. The molecule has 1 heterocycles. The molecule has 1 atom stereocenters. The number of ether oxygens (including phenoxy) is 1. The zero-order valence-electron chi connectivity index (χ0n) is 23.5. The number of nitrogens with zero attached hydrogens (tertiary/aromatic N) is 1. The lowest BCUT2D eigenvalue weighted by molar-refractivity contribution is -0.147. The molecule has 210 valence electrons. The van der Waals surface area contributed by atoms with Gasteiger partial charge in [-0.15, -0.1) is 0 Å². The molecule has 4 aromatic rings. The summed E-state index contributed by atoms with van der Waals surface area (Å²) in [4.78, 5) is 28.9. The molecule has 5 heteroatoms. The summed E-state index contributed by atoms with van der Waals surface area (Å²) in [6.45, 7) is 2.37. The van der Waals surface area contributed by atoms with E-state index in [1.165, 1.54) is 0 Å². The quantitative estimate of drug-likeness (QED) is 0.226. The van der Waals surface area contributed by atoms with Crippen molar-refractivity contribution in [3.8, 4) is 0 Å². The van der Waals surface area contributed by atoms with Crippen molar-refractivity contribution >= 4 is 11.9 Å². The third kappa shape index (κ3) is 7.71. The first kappa shape index (κ1) is 28.3. The molecule has 0 radical (unpaired) electrons. The van der Waals surface area contributed by atoms with E-state index < -0.39 is 5.54 Å². The van der Waals surface area contributed by atoms with Crippen molar-refractivity contribution in [3.63, 3.8) is 0 Å². The molecule has 1 amide bonds. The van der Waals surface area contributed by atoms with Gasteiger partial charge in [-0.25, -0.2) is 0 Å². The number of carbonyl (C=O) groups excluding carboxylic acids is 2. The maximum absolute atomic E-state index is 13.4. The molecule has 4 aromatic carbocycles. The van der Waals surface area contributed by atoms with Crippen LogP contribution < -0.4 is 5.32 Å². The third-order valence-corrected chi connectivity index (χ3v) is 8.05. The highest BCUT2D eigenvalue weighted by Crippen LogP contribution is 2.34. The highest BCUT2D eigenvalue weighted by Gasteiger charge is 2.38. The molecule has 0 bridgehead atoms. The van der Waals surface area contributed by atoms with Crippen molar-refractivity contribution in [3.05, 3.63) is 144 Å². The van der Waals surface area contributed by atoms with Gasteiger partial charge in [0.25, 0.3) is 0 Å². The Bertz CT molecular complexity index is 1370. The van der Waals surface area contributed by atoms with E-state index in [4.69, 9.17) is 4.74 Å². The summed E-state index contributed by atoms with van der Waals surface area (Å²) < 4.78 is 5.79. The summed E-state index contributed by atoms with van der Waals surface area (Å²) in [6, 6.07) is 40.1. The van der Waals surface area contributed by atoms with E-state index in [2.05, 4.69) is 34.5 Å². The zero-order chi connectivity index (χ0) is 28.3. The SMILES string of the molecule is O=C(CCc1ccccc1)NC1(c2ccccc2)CCN(CC(C(=O)OCc2ccccc2)c2ccccc2)CC1. The second kappa shape index (κ2) is 13.9. The van der Waals surface area contributed by atoms with Crippen LogP contribution in [-0.2, 0) is 32.9 Å². The Hall–Kier alpha value is -4.22. The van der Waals surface area contributed by atoms with Crippen LogP contribution in [0.25, 0.3) is 0 Å². The number of piperidine rings is 1. The van der Waals surface area contributed by atoms with Crippen LogP contribution in [0.4, 0.5) is 0 Å². The Balaban J connectivity index is 1.25. The predicted octanol–water partition coefficient (Wildman–Crippen LogP) is 6.25. The van der Waals surface area contributed by atoms with Crippen molar-refractivity contribution in [2.75, 3.05) is 19.6 Å². The smallest absolute Gasteiger partial charge is 0.315 e. The number of hydrogen-bond donors (Lipinski definition) is 1. The fraction of sp³-hybridized carbons (Fsp3) is 0.278. The van der Waals surface area contributed by atoms with Crippen LogP contribution in [0.2, 0.25) is 0 Å². The van der Waals surface area contributed by atoms with Crippen LogP contribution in [-0.4, -0.2) is 36.4 Å². The number of esters is 1. The Morgan fingerprint density at radius 1 is 0.732 bits per heavy atom. The van der Waals surface area contributed by atoms with E-state index in [1.807, 2.05) is 97.1 Å². The summed E-state index contributed by atoms with van der Waals surface area (Å²) in [5.74, 6) is -0.531. The van der Waals surface area contributed by atoms with E-state index >= 15 is 0 Å². The van der Waals surface area contributed by atoms with Crippen LogP contribution in [0.3, 0.4) is 0 Å². The van der Waals surface area contributed by atoms with Gasteiger partial charge in [0.15, 0.2) is 0 Å². The normalized spacial score (nSPS) is 15.5. The molecule has 1 fully saturated rings. The lowest BCUT2D eigenvalue weighted by Gasteiger charge is -2.43. The fourth-order valence-corrected chi connectivity index (χ4v) is 5.68. The second-order valence-electron chi connectivity index (χ2n) is 10.8. The predicted molar refractivity (Wildman–Crippen MR) is 162 cm³/mol. The van der Waals surface area contributed by atoms with Crippen LogP contribution in [0.15, 0.2) is 121 Å². The van der Waals surface area contributed by atoms with Crippen LogP contribution in [0, 0.1) is 0 Å². The minimum Gasteiger partial charge on any atom is -0.460 e. The van der Waals surface area contributed by atoms with Crippen LogP contribution >= 0.6 is 0 Å². The molecule has 0 aliphatic carbocycles. The van der Waals surface area contributed by atoms with Gasteiger partial charge in [-0.05, 0) is 41.5 Å². The lowest BCUT2D eigenvalue weighted by atomic mass is 9.80. The molecule has 1 aliphatic rings. The van der Waals surface area contributed by atoms with Crippen molar-refractivity contribution in [1.29, 1.82) is 0 Å². The van der Waals surface area contributed by atoms with Crippen molar-refractivity contribution < 1.29 is 14.3 Å². The maximum atomic E-state index is 13.4. The second-order valence-corrected chi connectivity index (χ2v) is 10.8. The topological polar surface area (TPSA) is 58.6 Å². The number of likely N-dealkylation sites (tertiary alicyclic amines) is 1. The van der Waals surface area contributed by atoms with Gasteiger partial charge >= 0.3 is 5.97 Å². The van der Waals surface area contributed by atoms with Gasteiger partial charge < -0.3 is 15.0 Å². The van der Waals surface area contributed by atoms with E-state index in [1.54, 1.807) is 0 Å². The van der Waals surface area contributed by atoms with Gasteiger partial charge in [0.05, 0.1) is 11.5 Å². The molecule has 0 spiro atoms. The Morgan fingerprint density at radius 2 is 1.27 bits per heavy atom. The van der Waals surface area contributed by atoms with Gasteiger partial charge in [0, 0.05) is 26.1 Å². The van der Waals surface area contributed by atoms with Crippen LogP contribution in [0.1, 0.15) is 47.4 Å². The average Bonchev–Trinajstić information content (AvgIpc) is 3.04. The van der Waals surface area contributed by atoms with Crippen molar-refractivity contribution in [2.24, 2.45) is 0 Å². The molecule has 5 nitrogen and oxygen atoms in total. The van der Waals surface area contributed by atoms with E-state index in [0.29, 0.717) is 19.4 Å². The van der Waals surface area contributed by atoms with Gasteiger partial charge in [0.2, 0.25) is 5.91 Å². The average molecular weight is 547 g/mol. The molecule has 5 rings (SSSR count). The Labute approximate surface area is 243 Å². The number of benzene rings is 4. The summed E-state index contributed by atoms with van der Waals surface area (Å²) in [5, 5.41) is 3.43. The number of hydrogen-bond acceptors (Lipinski definition) is 4. The highest BCUT2D eigenvalue weighted by molar-refractivity contribution is 5.78. The van der Waals surface area contributed by atoms with E-state index in [-0.39, 0.29) is 24.4 Å². The summed E-state index contributed by atoms with van der Waals surface area (Å²) >= 11 is 0. The number of amides is 1. The molecule has 41 heavy (non-hydrogen) atoms. The lowest BCUT2D eigenvalue weighted by Crippen LogP contribution is -2.53. The van der Waals surface area contributed by atoms with Gasteiger partial charge in [0.1, 0.15) is 6.61 Å². The van der Waals surface area contributed by atoms with E-state index in [0.717, 1.165) is 48.2 Å². The zero-order valence-corrected chi connectivity index (χ0v) is 23.5. The van der Waals surface area contributed by atoms with Gasteiger partial charge in [-0.2, -0.15) is 0 Å². The molecular weight excluding hydrogens is 508 g/mol. The van der Waals surface area contributed by atoms with Gasteiger partial charge in [-0.1, -0.05) is 121 Å². The monoisotopic (exact) mass is 546 g/mol. The summed E-state index contributed by atoms with van der Waals surface area (Å²) in [5.41, 5.74) is 3.80. The first-order valence-corrected chi connectivity index (χ1v) is 14.5. The minimum absolute atomic E-state index is 0.0674. The largest absolute Gasteiger partial charge is 0.460 e. The summed E-state index contributed by atoms with van der Waals surface area (Å²) in [6.07, 6.45) is 2.71. The first-order chi connectivity index (χ1) is 20.1.